The van der Waals surface area contributed by atoms with E-state index in [0.29, 0.717) is 17.4 Å². The molecule has 0 spiro atoms. The van der Waals surface area contributed by atoms with E-state index in [0.717, 1.165) is 5.56 Å². The number of amidine groups is 1. The number of H-pyrrole nitrogens is 1. The number of rotatable bonds is 3. The summed E-state index contributed by atoms with van der Waals surface area (Å²) in [5.74, 6) is 0.354. The fraction of sp³-hybridized carbons (Fsp3) is 0.111. The summed E-state index contributed by atoms with van der Waals surface area (Å²) in [6.45, 7) is 0.637. The molecule has 7 nitrogen and oxygen atoms in total. The monoisotopic (exact) mass is 333 g/mol. The van der Waals surface area contributed by atoms with Gasteiger partial charge in [-0.25, -0.2) is 4.98 Å². The first-order valence-corrected chi connectivity index (χ1v) is 7.78. The van der Waals surface area contributed by atoms with Crippen molar-refractivity contribution >= 4 is 22.3 Å². The molecule has 0 saturated carbocycles. The first-order chi connectivity index (χ1) is 12.1. The van der Waals surface area contributed by atoms with Gasteiger partial charge < -0.3 is 15.0 Å². The Balaban J connectivity index is 1.70. The lowest BCUT2D eigenvalue weighted by Gasteiger charge is -2.18. The maximum atomic E-state index is 12.3. The normalized spacial score (nSPS) is 14.6. The smallest absolute Gasteiger partial charge is 0.259 e. The number of para-hydroxylation sites is 1. The average Bonchev–Trinajstić information content (AvgIpc) is 2.89. The third kappa shape index (κ3) is 2.65. The van der Waals surface area contributed by atoms with Crippen LogP contribution in [0.1, 0.15) is 11.4 Å². The van der Waals surface area contributed by atoms with Gasteiger partial charge in [0.1, 0.15) is 17.4 Å². The molecule has 0 unspecified atom stereocenters. The van der Waals surface area contributed by atoms with Crippen molar-refractivity contribution in [3.05, 3.63) is 76.3 Å². The van der Waals surface area contributed by atoms with Crippen molar-refractivity contribution in [3.63, 3.8) is 0 Å². The second kappa shape index (κ2) is 5.86. The Morgan fingerprint density at radius 3 is 2.88 bits per heavy atom. The van der Waals surface area contributed by atoms with Crippen LogP contribution in [0.5, 0.6) is 0 Å². The van der Waals surface area contributed by atoms with E-state index in [9.17, 15) is 9.90 Å². The van der Waals surface area contributed by atoms with Crippen molar-refractivity contribution < 1.29 is 5.11 Å². The third-order valence-corrected chi connectivity index (χ3v) is 4.13. The number of aliphatic hydroxyl groups is 1. The number of hydrogen-bond acceptors (Lipinski definition) is 5. The van der Waals surface area contributed by atoms with E-state index >= 15 is 0 Å². The van der Waals surface area contributed by atoms with Gasteiger partial charge in [-0.15, -0.1) is 0 Å². The quantitative estimate of drug-likeness (QED) is 0.680. The van der Waals surface area contributed by atoms with Gasteiger partial charge in [0.2, 0.25) is 0 Å². The largest absolute Gasteiger partial charge is 0.510 e. The Kier molecular flexibility index (Phi) is 3.53. The molecule has 1 aliphatic rings. The summed E-state index contributed by atoms with van der Waals surface area (Å²) in [5, 5.41) is 19.2. The molecule has 0 amide bonds. The molecular weight excluding hydrogens is 318 g/mol. The summed E-state index contributed by atoms with van der Waals surface area (Å²) in [4.78, 5) is 25.1. The number of fused-ring (bicyclic) bond motifs is 1. The van der Waals surface area contributed by atoms with Crippen LogP contribution in [-0.2, 0) is 6.54 Å². The molecule has 0 radical (unpaired) electrons. The lowest BCUT2D eigenvalue weighted by molar-refractivity contribution is 0.346. The van der Waals surface area contributed by atoms with Crippen LogP contribution < -0.4 is 5.56 Å². The number of benzene rings is 1. The van der Waals surface area contributed by atoms with Crippen molar-refractivity contribution in [3.8, 4) is 0 Å². The highest BCUT2D eigenvalue weighted by Crippen LogP contribution is 2.26. The zero-order valence-corrected chi connectivity index (χ0v) is 13.2. The third-order valence-electron chi connectivity index (χ3n) is 4.13. The van der Waals surface area contributed by atoms with E-state index in [1.165, 1.54) is 0 Å². The molecule has 7 heteroatoms. The minimum absolute atomic E-state index is 0.0207. The molecule has 0 atom stereocenters. The highest BCUT2D eigenvalue weighted by molar-refractivity contribution is 6.22. The van der Waals surface area contributed by atoms with Crippen LogP contribution in [0.4, 0.5) is 0 Å². The van der Waals surface area contributed by atoms with Crippen LogP contribution in [0.15, 0.2) is 59.3 Å². The predicted molar refractivity (Wildman–Crippen MR) is 94.3 cm³/mol. The van der Waals surface area contributed by atoms with Crippen LogP contribution in [-0.4, -0.2) is 37.3 Å². The van der Waals surface area contributed by atoms with E-state index in [2.05, 4.69) is 15.0 Å². The fourth-order valence-corrected chi connectivity index (χ4v) is 2.93. The molecule has 2 aromatic heterocycles. The summed E-state index contributed by atoms with van der Waals surface area (Å²) in [6.07, 6.45) is 3.40. The number of hydrogen-bond donors (Lipinski definition) is 3. The second-order valence-electron chi connectivity index (χ2n) is 5.82. The van der Waals surface area contributed by atoms with Gasteiger partial charge >= 0.3 is 0 Å². The summed E-state index contributed by atoms with van der Waals surface area (Å²) >= 11 is 0. The zero-order valence-electron chi connectivity index (χ0n) is 13.2. The van der Waals surface area contributed by atoms with E-state index in [-0.39, 0.29) is 35.1 Å². The molecular formula is C18H15N5O2. The van der Waals surface area contributed by atoms with Crippen molar-refractivity contribution in [2.45, 2.75) is 6.54 Å². The lowest BCUT2D eigenvalue weighted by atomic mass is 10.2. The van der Waals surface area contributed by atoms with Crippen molar-refractivity contribution in [2.75, 3.05) is 6.54 Å². The Hall–Kier alpha value is -3.48. The van der Waals surface area contributed by atoms with Crippen LogP contribution in [0.2, 0.25) is 0 Å². The fourth-order valence-electron chi connectivity index (χ4n) is 2.93. The standard InChI is InChI=1S/C18H15N5O2/c19-16-15(14(24)10-23(16)9-11-4-3-7-20-8-11)17-21-13-6-2-1-5-12(13)18(25)22-17/h1-8,19,24H,9-10H2,(H,21,22,25). The molecule has 3 aromatic rings. The summed E-state index contributed by atoms with van der Waals surface area (Å²) in [7, 11) is 0. The molecule has 0 fully saturated rings. The van der Waals surface area contributed by atoms with Gasteiger partial charge in [-0.3, -0.25) is 15.2 Å². The first kappa shape index (κ1) is 15.1. The molecule has 1 aliphatic heterocycles. The van der Waals surface area contributed by atoms with E-state index < -0.39 is 0 Å². The van der Waals surface area contributed by atoms with Gasteiger partial charge in [0.15, 0.2) is 0 Å². The van der Waals surface area contributed by atoms with Crippen LogP contribution in [0.3, 0.4) is 0 Å². The molecule has 3 N–H and O–H groups in total. The molecule has 1 aromatic carbocycles. The minimum atomic E-state index is -0.292. The Morgan fingerprint density at radius 1 is 1.24 bits per heavy atom. The molecule has 0 aliphatic carbocycles. The lowest BCUT2D eigenvalue weighted by Crippen LogP contribution is -2.26. The van der Waals surface area contributed by atoms with Crippen molar-refractivity contribution in [1.82, 2.24) is 19.9 Å². The topological polar surface area (TPSA) is 106 Å². The van der Waals surface area contributed by atoms with E-state index in [1.54, 1.807) is 41.6 Å². The first-order valence-electron chi connectivity index (χ1n) is 7.78. The van der Waals surface area contributed by atoms with Gasteiger partial charge in [0, 0.05) is 18.9 Å². The summed E-state index contributed by atoms with van der Waals surface area (Å²) in [6, 6.07) is 10.7. The van der Waals surface area contributed by atoms with Gasteiger partial charge in [-0.05, 0) is 23.8 Å². The van der Waals surface area contributed by atoms with Gasteiger partial charge in [-0.2, -0.15) is 0 Å². The number of pyridine rings is 1. The van der Waals surface area contributed by atoms with Gasteiger partial charge in [0.25, 0.3) is 5.56 Å². The molecule has 124 valence electrons. The summed E-state index contributed by atoms with van der Waals surface area (Å²) < 4.78 is 0. The Morgan fingerprint density at radius 2 is 2.08 bits per heavy atom. The molecule has 3 heterocycles. The number of aromatic nitrogens is 3. The SMILES string of the molecule is N=C1C(c2nc3ccccc3c(=O)[nH]2)=C(O)CN1Cc1cccnc1. The maximum Gasteiger partial charge on any atom is 0.259 e. The Labute approximate surface area is 142 Å². The van der Waals surface area contributed by atoms with E-state index in [4.69, 9.17) is 5.41 Å². The van der Waals surface area contributed by atoms with Crippen LogP contribution in [0.25, 0.3) is 16.5 Å². The highest BCUT2D eigenvalue weighted by atomic mass is 16.3. The van der Waals surface area contributed by atoms with Crippen LogP contribution >= 0.6 is 0 Å². The van der Waals surface area contributed by atoms with Crippen LogP contribution in [0, 0.1) is 5.41 Å². The number of aromatic amines is 1. The number of nitrogens with one attached hydrogen (secondary N) is 2. The highest BCUT2D eigenvalue weighted by Gasteiger charge is 2.30. The maximum absolute atomic E-state index is 12.3. The van der Waals surface area contributed by atoms with E-state index in [1.807, 2.05) is 12.1 Å². The number of nitrogens with zero attached hydrogens (tertiary/aromatic N) is 3. The van der Waals surface area contributed by atoms with Gasteiger partial charge in [-0.1, -0.05) is 18.2 Å². The second-order valence-corrected chi connectivity index (χ2v) is 5.82. The predicted octanol–water partition coefficient (Wildman–Crippen LogP) is 2.08. The molecule has 4 rings (SSSR count). The van der Waals surface area contributed by atoms with Crippen molar-refractivity contribution in [1.29, 1.82) is 5.41 Å². The minimum Gasteiger partial charge on any atom is -0.510 e. The van der Waals surface area contributed by atoms with Gasteiger partial charge in [0.05, 0.1) is 23.0 Å². The average molecular weight is 333 g/mol. The number of aliphatic hydroxyl groups excluding tert-OH is 1. The Bertz CT molecular complexity index is 1060. The molecule has 0 bridgehead atoms. The zero-order chi connectivity index (χ0) is 17.4. The summed E-state index contributed by atoms with van der Waals surface area (Å²) in [5.41, 5.74) is 1.42. The molecule has 0 saturated heterocycles. The molecule has 25 heavy (non-hydrogen) atoms. The van der Waals surface area contributed by atoms with Crippen molar-refractivity contribution in [2.24, 2.45) is 0 Å².